The Morgan fingerprint density at radius 3 is 2.42 bits per heavy atom. The van der Waals surface area contributed by atoms with Gasteiger partial charge in [0.25, 0.3) is 5.91 Å². The van der Waals surface area contributed by atoms with Gasteiger partial charge in [0, 0.05) is 37.9 Å². The molecule has 3 heterocycles. The maximum atomic E-state index is 12.9. The first kappa shape index (κ1) is 25.1. The van der Waals surface area contributed by atoms with Gasteiger partial charge >= 0.3 is 6.18 Å². The van der Waals surface area contributed by atoms with Crippen molar-refractivity contribution in [3.05, 3.63) is 30.0 Å². The second-order valence-electron chi connectivity index (χ2n) is 8.36. The molecule has 8 nitrogen and oxygen atoms in total. The quantitative estimate of drug-likeness (QED) is 0.712. The van der Waals surface area contributed by atoms with Gasteiger partial charge in [-0.15, -0.1) is 0 Å². The van der Waals surface area contributed by atoms with Crippen LogP contribution in [0.4, 0.5) is 13.2 Å². The van der Waals surface area contributed by atoms with E-state index in [0.717, 1.165) is 50.3 Å². The number of halogens is 3. The van der Waals surface area contributed by atoms with Crippen LogP contribution in [0.3, 0.4) is 0 Å². The summed E-state index contributed by atoms with van der Waals surface area (Å²) in [7, 11) is 1.91. The molecule has 2 aliphatic rings. The van der Waals surface area contributed by atoms with Gasteiger partial charge in [-0.25, -0.2) is 15.0 Å². The number of hydrogen-bond donors (Lipinski definition) is 2. The number of ether oxygens (including phenoxy) is 1. The summed E-state index contributed by atoms with van der Waals surface area (Å²) in [5.74, 6) is 0.767. The van der Waals surface area contributed by atoms with E-state index in [9.17, 15) is 18.0 Å². The van der Waals surface area contributed by atoms with Gasteiger partial charge in [0.2, 0.25) is 0 Å². The van der Waals surface area contributed by atoms with Gasteiger partial charge in [-0.1, -0.05) is 19.3 Å². The zero-order valence-corrected chi connectivity index (χ0v) is 18.6. The largest absolute Gasteiger partial charge is 0.411 e. The van der Waals surface area contributed by atoms with Gasteiger partial charge in [-0.2, -0.15) is 13.2 Å². The van der Waals surface area contributed by atoms with Gasteiger partial charge in [0.05, 0.1) is 12.5 Å². The molecule has 4 rings (SSSR count). The van der Waals surface area contributed by atoms with E-state index in [1.165, 1.54) is 19.3 Å². The van der Waals surface area contributed by atoms with Gasteiger partial charge in [0.15, 0.2) is 5.82 Å². The SMILES string of the molecule is Cn1cncc1-c1nc(C(=O)NC2CCCCC2)cc(C2CCOCC2)n1.OCC(F)(F)F. The lowest BCUT2D eigenvalue weighted by Crippen LogP contribution is -2.36. The fourth-order valence-corrected chi connectivity index (χ4v) is 3.98. The molecule has 1 amide bonds. The number of carbonyl (C=O) groups is 1. The van der Waals surface area contributed by atoms with Crippen molar-refractivity contribution in [1.29, 1.82) is 0 Å². The molecule has 0 unspecified atom stereocenters. The predicted octanol–water partition coefficient (Wildman–Crippen LogP) is 3.37. The number of amides is 1. The third-order valence-electron chi connectivity index (χ3n) is 5.78. The van der Waals surface area contributed by atoms with Gasteiger partial charge in [-0.3, -0.25) is 4.79 Å². The summed E-state index contributed by atoms with van der Waals surface area (Å²) in [5.41, 5.74) is 2.20. The Morgan fingerprint density at radius 2 is 1.85 bits per heavy atom. The molecule has 1 aliphatic carbocycles. The first-order valence-corrected chi connectivity index (χ1v) is 11.2. The minimum atomic E-state index is -4.40. The van der Waals surface area contributed by atoms with Crippen LogP contribution in [0, 0.1) is 0 Å². The first-order valence-electron chi connectivity index (χ1n) is 11.2. The highest BCUT2D eigenvalue weighted by atomic mass is 19.4. The van der Waals surface area contributed by atoms with Crippen molar-refractivity contribution in [2.75, 3.05) is 19.8 Å². The maximum Gasteiger partial charge on any atom is 0.411 e. The molecule has 33 heavy (non-hydrogen) atoms. The molecular formula is C22H30F3N5O3. The first-order chi connectivity index (χ1) is 15.8. The third kappa shape index (κ3) is 7.50. The number of aromatic nitrogens is 4. The Kier molecular flexibility index (Phi) is 8.79. The Balaban J connectivity index is 0.000000454. The third-order valence-corrected chi connectivity index (χ3v) is 5.78. The molecule has 1 saturated heterocycles. The molecule has 2 N–H and O–H groups in total. The molecule has 2 aromatic rings. The van der Waals surface area contributed by atoms with Crippen LogP contribution in [-0.2, 0) is 11.8 Å². The summed E-state index contributed by atoms with van der Waals surface area (Å²) in [5, 5.41) is 10.5. The molecule has 0 atom stereocenters. The summed E-state index contributed by atoms with van der Waals surface area (Å²) in [6.07, 6.45) is 6.64. The van der Waals surface area contributed by atoms with E-state index in [1.807, 2.05) is 17.7 Å². The smallest absolute Gasteiger partial charge is 0.387 e. The van der Waals surface area contributed by atoms with E-state index in [1.54, 1.807) is 12.5 Å². The van der Waals surface area contributed by atoms with Crippen LogP contribution >= 0.6 is 0 Å². The molecule has 0 spiro atoms. The van der Waals surface area contributed by atoms with Crippen LogP contribution in [0.1, 0.15) is 67.0 Å². The van der Waals surface area contributed by atoms with Crippen LogP contribution < -0.4 is 5.32 Å². The normalized spacial score (nSPS) is 17.8. The number of carbonyl (C=O) groups excluding carboxylic acids is 1. The number of nitrogens with one attached hydrogen (secondary N) is 1. The molecule has 182 valence electrons. The molecule has 1 aliphatic heterocycles. The number of aryl methyl sites for hydroxylation is 1. The Bertz CT molecular complexity index is 907. The molecule has 2 fully saturated rings. The Morgan fingerprint density at radius 1 is 1.18 bits per heavy atom. The number of hydrogen-bond acceptors (Lipinski definition) is 6. The van der Waals surface area contributed by atoms with Gasteiger partial charge in [0.1, 0.15) is 18.0 Å². The molecule has 0 radical (unpaired) electrons. The topological polar surface area (TPSA) is 102 Å². The monoisotopic (exact) mass is 469 g/mol. The van der Waals surface area contributed by atoms with Crippen molar-refractivity contribution in [2.45, 2.75) is 63.1 Å². The van der Waals surface area contributed by atoms with E-state index < -0.39 is 12.8 Å². The minimum absolute atomic E-state index is 0.0963. The highest BCUT2D eigenvalue weighted by Crippen LogP contribution is 2.28. The standard InChI is InChI=1S/C20H27N5O2.C2H3F3O/c1-25-13-21-12-18(25)19-23-16(14-7-9-27-10-8-14)11-17(24-19)20(26)22-15-5-3-2-4-6-15;3-2(4,5)1-6/h11-15H,2-10H2,1H3,(H,22,26);6H,1H2. The fourth-order valence-electron chi connectivity index (χ4n) is 3.98. The highest BCUT2D eigenvalue weighted by Gasteiger charge is 2.25. The van der Waals surface area contributed by atoms with Crippen LogP contribution in [0.25, 0.3) is 11.5 Å². The van der Waals surface area contributed by atoms with Crippen LogP contribution in [0.5, 0.6) is 0 Å². The zero-order chi connectivity index (χ0) is 23.8. The van der Waals surface area contributed by atoms with Crippen molar-refractivity contribution >= 4 is 5.91 Å². The van der Waals surface area contributed by atoms with Crippen LogP contribution in [-0.4, -0.2) is 62.6 Å². The second-order valence-corrected chi connectivity index (χ2v) is 8.36. The molecule has 0 aromatic carbocycles. The molecule has 1 saturated carbocycles. The van der Waals surface area contributed by atoms with E-state index in [4.69, 9.17) is 14.8 Å². The summed E-state index contributed by atoms with van der Waals surface area (Å²) in [6, 6.07) is 2.13. The van der Waals surface area contributed by atoms with Gasteiger partial charge < -0.3 is 19.7 Å². The molecular weight excluding hydrogens is 439 g/mol. The molecule has 11 heteroatoms. The fraction of sp³-hybridized carbons (Fsp3) is 0.636. The van der Waals surface area contributed by atoms with Crippen molar-refractivity contribution in [3.63, 3.8) is 0 Å². The summed E-state index contributed by atoms with van der Waals surface area (Å²) >= 11 is 0. The van der Waals surface area contributed by atoms with Gasteiger partial charge in [-0.05, 0) is 31.7 Å². The average Bonchev–Trinajstić information content (AvgIpc) is 3.26. The number of aliphatic hydroxyl groups is 1. The lowest BCUT2D eigenvalue weighted by atomic mass is 9.94. The van der Waals surface area contributed by atoms with E-state index in [0.29, 0.717) is 17.4 Å². The lowest BCUT2D eigenvalue weighted by molar-refractivity contribution is -0.159. The summed E-state index contributed by atoms with van der Waals surface area (Å²) in [4.78, 5) is 26.4. The molecule has 2 aromatic heterocycles. The van der Waals surface area contributed by atoms with E-state index in [2.05, 4.69) is 15.3 Å². The highest BCUT2D eigenvalue weighted by molar-refractivity contribution is 5.93. The number of nitrogens with zero attached hydrogens (tertiary/aromatic N) is 4. The minimum Gasteiger partial charge on any atom is -0.387 e. The maximum absolute atomic E-state index is 12.9. The van der Waals surface area contributed by atoms with Crippen LogP contribution in [0.2, 0.25) is 0 Å². The van der Waals surface area contributed by atoms with Crippen molar-refractivity contribution in [3.8, 4) is 11.5 Å². The number of rotatable bonds is 4. The van der Waals surface area contributed by atoms with Crippen molar-refractivity contribution in [2.24, 2.45) is 7.05 Å². The summed E-state index contributed by atoms with van der Waals surface area (Å²) in [6.45, 7) is -0.258. The predicted molar refractivity (Wildman–Crippen MR) is 115 cm³/mol. The van der Waals surface area contributed by atoms with E-state index >= 15 is 0 Å². The van der Waals surface area contributed by atoms with Crippen molar-refractivity contribution < 1.29 is 27.8 Å². The number of alkyl halides is 3. The number of imidazole rings is 1. The van der Waals surface area contributed by atoms with Crippen LogP contribution in [0.15, 0.2) is 18.6 Å². The summed E-state index contributed by atoms with van der Waals surface area (Å²) < 4.78 is 39.0. The van der Waals surface area contributed by atoms with Crippen molar-refractivity contribution in [1.82, 2.24) is 24.8 Å². The molecule has 0 bridgehead atoms. The Labute approximate surface area is 190 Å². The van der Waals surface area contributed by atoms with E-state index in [-0.39, 0.29) is 11.9 Å². The second kappa shape index (κ2) is 11.6. The lowest BCUT2D eigenvalue weighted by Gasteiger charge is -2.24. The zero-order valence-electron chi connectivity index (χ0n) is 18.6. The average molecular weight is 470 g/mol. The Hall–Kier alpha value is -2.53. The number of aliphatic hydroxyl groups excluding tert-OH is 1.